The molecule has 1 unspecified atom stereocenters. The molecule has 0 bridgehead atoms. The summed E-state index contributed by atoms with van der Waals surface area (Å²) in [7, 11) is 1.40. The number of ether oxygens (including phenoxy) is 1. The molecule has 184 valence electrons. The number of halogens is 3. The van der Waals surface area contributed by atoms with Gasteiger partial charge in [-0.3, -0.25) is 15.0 Å². The number of nitrogens with zero attached hydrogens (tertiary/aromatic N) is 2. The molecule has 1 aromatic rings. The molecule has 1 fully saturated rings. The first-order valence-corrected chi connectivity index (χ1v) is 10.3. The molecule has 0 radical (unpaired) electrons. The Morgan fingerprint density at radius 1 is 1.33 bits per heavy atom. The van der Waals surface area contributed by atoms with Crippen LogP contribution in [0.2, 0.25) is 0 Å². The Morgan fingerprint density at radius 3 is 2.48 bits per heavy atom. The molecule has 4 N–H and O–H groups in total. The van der Waals surface area contributed by atoms with E-state index < -0.39 is 17.3 Å². The summed E-state index contributed by atoms with van der Waals surface area (Å²) in [6, 6.07) is 5.23. The highest BCUT2D eigenvalue weighted by Gasteiger charge is 2.31. The van der Waals surface area contributed by atoms with Gasteiger partial charge in [0.05, 0.1) is 32.4 Å². The summed E-state index contributed by atoms with van der Waals surface area (Å²) in [6.07, 6.45) is -2.08. The summed E-state index contributed by atoms with van der Waals surface area (Å²) >= 11 is 0. The standard InChI is InChI=1S/C20H28F3N5O5/c1-24-18(28(31)32)11-25-10-16(13-29)26-19(30)12-27-8-6-15(7-9-27)14-2-4-17(5-3-14)33-20(21,22)23/h2-5,11,15-16,24-25,29H,6-10,12-13H2,1H3,(H,26,30)/b18-11+. The number of benzene rings is 1. The molecule has 0 spiro atoms. The summed E-state index contributed by atoms with van der Waals surface area (Å²) in [5.74, 6) is -0.615. The minimum absolute atomic E-state index is 0.109. The lowest BCUT2D eigenvalue weighted by molar-refractivity contribution is -0.431. The zero-order valence-electron chi connectivity index (χ0n) is 18.1. The summed E-state index contributed by atoms with van der Waals surface area (Å²) in [6.45, 7) is 1.18. The van der Waals surface area contributed by atoms with Gasteiger partial charge in [-0.05, 0) is 54.5 Å². The Morgan fingerprint density at radius 2 is 1.97 bits per heavy atom. The number of piperidine rings is 1. The molecule has 1 aliphatic heterocycles. The number of aliphatic hydroxyl groups excluding tert-OH is 1. The SMILES string of the molecule is CN/C(=C\NCC(CO)NC(=O)CN1CCC(c2ccc(OC(F)(F)F)cc2)CC1)[N+](=O)[O-]. The van der Waals surface area contributed by atoms with Crippen molar-refractivity contribution in [3.63, 3.8) is 0 Å². The summed E-state index contributed by atoms with van der Waals surface area (Å²) in [5, 5.41) is 27.9. The molecule has 0 aromatic heterocycles. The highest BCUT2D eigenvalue weighted by Crippen LogP contribution is 2.30. The van der Waals surface area contributed by atoms with Crippen LogP contribution in [0.5, 0.6) is 5.75 Å². The van der Waals surface area contributed by atoms with E-state index in [0.29, 0.717) is 13.1 Å². The summed E-state index contributed by atoms with van der Waals surface area (Å²) in [4.78, 5) is 24.4. The van der Waals surface area contributed by atoms with Crippen LogP contribution >= 0.6 is 0 Å². The molecule has 33 heavy (non-hydrogen) atoms. The first-order valence-electron chi connectivity index (χ1n) is 10.3. The Bertz CT molecular complexity index is 811. The third-order valence-electron chi connectivity index (χ3n) is 5.18. The molecule has 0 saturated carbocycles. The van der Waals surface area contributed by atoms with Crippen molar-refractivity contribution in [1.29, 1.82) is 0 Å². The Kier molecular flexibility index (Phi) is 9.73. The van der Waals surface area contributed by atoms with Gasteiger partial charge in [-0.15, -0.1) is 13.2 Å². The Balaban J connectivity index is 1.76. The second kappa shape index (κ2) is 12.3. The zero-order chi connectivity index (χ0) is 24.4. The normalized spacial score (nSPS) is 16.7. The van der Waals surface area contributed by atoms with E-state index in [1.54, 1.807) is 12.1 Å². The van der Waals surface area contributed by atoms with E-state index in [-0.39, 0.29) is 43.1 Å². The number of hydrogen-bond donors (Lipinski definition) is 4. The monoisotopic (exact) mass is 475 g/mol. The third-order valence-corrected chi connectivity index (χ3v) is 5.18. The topological polar surface area (TPSA) is 129 Å². The number of carbonyl (C=O) groups excluding carboxylic acids is 1. The van der Waals surface area contributed by atoms with Gasteiger partial charge in [-0.2, -0.15) is 0 Å². The van der Waals surface area contributed by atoms with Gasteiger partial charge in [-0.1, -0.05) is 12.1 Å². The highest BCUT2D eigenvalue weighted by molar-refractivity contribution is 5.78. The van der Waals surface area contributed by atoms with E-state index in [1.807, 2.05) is 4.90 Å². The van der Waals surface area contributed by atoms with Crippen LogP contribution in [0.4, 0.5) is 13.2 Å². The predicted molar refractivity (Wildman–Crippen MR) is 113 cm³/mol. The van der Waals surface area contributed by atoms with Crippen LogP contribution < -0.4 is 20.7 Å². The van der Waals surface area contributed by atoms with Crippen molar-refractivity contribution in [3.05, 3.63) is 52.0 Å². The molecule has 1 saturated heterocycles. The Labute approximate surface area is 188 Å². The number of nitro groups is 1. The highest BCUT2D eigenvalue weighted by atomic mass is 19.4. The lowest BCUT2D eigenvalue weighted by Crippen LogP contribution is -2.48. The average Bonchev–Trinajstić information content (AvgIpc) is 2.75. The van der Waals surface area contributed by atoms with Gasteiger partial charge in [0.15, 0.2) is 0 Å². The van der Waals surface area contributed by atoms with E-state index in [0.717, 1.165) is 24.6 Å². The molecule has 1 amide bonds. The van der Waals surface area contributed by atoms with Crippen molar-refractivity contribution in [1.82, 2.24) is 20.9 Å². The molecule has 1 aromatic carbocycles. The van der Waals surface area contributed by atoms with Gasteiger partial charge in [0.1, 0.15) is 5.75 Å². The van der Waals surface area contributed by atoms with E-state index in [1.165, 1.54) is 19.2 Å². The van der Waals surface area contributed by atoms with Crippen molar-refractivity contribution in [2.24, 2.45) is 0 Å². The smallest absolute Gasteiger partial charge is 0.406 e. The summed E-state index contributed by atoms with van der Waals surface area (Å²) < 4.78 is 40.7. The van der Waals surface area contributed by atoms with Crippen LogP contribution in [0.25, 0.3) is 0 Å². The summed E-state index contributed by atoms with van der Waals surface area (Å²) in [5.41, 5.74) is 0.920. The first-order chi connectivity index (χ1) is 15.6. The molecule has 10 nitrogen and oxygen atoms in total. The van der Waals surface area contributed by atoms with Crippen molar-refractivity contribution < 1.29 is 32.7 Å². The van der Waals surface area contributed by atoms with Crippen LogP contribution in [0.3, 0.4) is 0 Å². The van der Waals surface area contributed by atoms with Crippen LogP contribution in [0.1, 0.15) is 24.3 Å². The number of likely N-dealkylation sites (tertiary alicyclic amines) is 1. The fourth-order valence-corrected chi connectivity index (χ4v) is 3.52. The van der Waals surface area contributed by atoms with E-state index in [9.17, 15) is 33.2 Å². The molecule has 13 heteroatoms. The molecular weight excluding hydrogens is 447 g/mol. The fourth-order valence-electron chi connectivity index (χ4n) is 3.52. The lowest BCUT2D eigenvalue weighted by atomic mass is 9.89. The van der Waals surface area contributed by atoms with E-state index in [4.69, 9.17) is 0 Å². The van der Waals surface area contributed by atoms with Gasteiger partial charge in [0.2, 0.25) is 5.91 Å². The fraction of sp³-hybridized carbons (Fsp3) is 0.550. The minimum atomic E-state index is -4.72. The second-order valence-corrected chi connectivity index (χ2v) is 7.56. The first kappa shape index (κ1) is 26.2. The molecular formula is C20H28F3N5O5. The number of alkyl halides is 3. The number of hydrogen-bond acceptors (Lipinski definition) is 8. The molecule has 1 aliphatic rings. The van der Waals surface area contributed by atoms with Crippen molar-refractivity contribution in [2.45, 2.75) is 31.2 Å². The third kappa shape index (κ3) is 9.14. The van der Waals surface area contributed by atoms with E-state index >= 15 is 0 Å². The van der Waals surface area contributed by atoms with Crippen LogP contribution in [0.15, 0.2) is 36.3 Å². The van der Waals surface area contributed by atoms with Gasteiger partial charge in [-0.25, -0.2) is 0 Å². The average molecular weight is 475 g/mol. The number of carbonyl (C=O) groups is 1. The van der Waals surface area contributed by atoms with Crippen molar-refractivity contribution in [2.75, 3.05) is 39.8 Å². The number of rotatable bonds is 11. The largest absolute Gasteiger partial charge is 0.573 e. The quantitative estimate of drug-likeness (QED) is 0.277. The van der Waals surface area contributed by atoms with Gasteiger partial charge in [0, 0.05) is 6.54 Å². The number of nitrogens with one attached hydrogen (secondary N) is 3. The maximum Gasteiger partial charge on any atom is 0.573 e. The van der Waals surface area contributed by atoms with Gasteiger partial charge < -0.3 is 30.6 Å². The minimum Gasteiger partial charge on any atom is -0.406 e. The van der Waals surface area contributed by atoms with Gasteiger partial charge in [0.25, 0.3) is 0 Å². The molecule has 2 rings (SSSR count). The van der Waals surface area contributed by atoms with Crippen LogP contribution in [-0.4, -0.2) is 73.1 Å². The zero-order valence-corrected chi connectivity index (χ0v) is 18.1. The lowest BCUT2D eigenvalue weighted by Gasteiger charge is -2.32. The maximum atomic E-state index is 12.3. The van der Waals surface area contributed by atoms with Crippen LogP contribution in [-0.2, 0) is 4.79 Å². The van der Waals surface area contributed by atoms with Gasteiger partial charge >= 0.3 is 12.2 Å². The van der Waals surface area contributed by atoms with E-state index in [2.05, 4.69) is 20.7 Å². The second-order valence-electron chi connectivity index (χ2n) is 7.56. The van der Waals surface area contributed by atoms with Crippen molar-refractivity contribution in [3.8, 4) is 5.75 Å². The number of aliphatic hydroxyl groups is 1. The van der Waals surface area contributed by atoms with Crippen molar-refractivity contribution >= 4 is 5.91 Å². The number of amides is 1. The van der Waals surface area contributed by atoms with Crippen LogP contribution in [0, 0.1) is 10.1 Å². The molecule has 0 aliphatic carbocycles. The molecule has 1 atom stereocenters. The molecule has 1 heterocycles. The Hall–Kier alpha value is -3.06. The predicted octanol–water partition coefficient (Wildman–Crippen LogP) is 1.13. The maximum absolute atomic E-state index is 12.3.